The molecule has 19 heavy (non-hydrogen) atoms. The van der Waals surface area contributed by atoms with Crippen molar-refractivity contribution in [1.29, 1.82) is 0 Å². The fraction of sp³-hybridized carbons (Fsp3) is 0.0833. The summed E-state index contributed by atoms with van der Waals surface area (Å²) in [5.41, 5.74) is 1.05. The molecule has 5 nitrogen and oxygen atoms in total. The smallest absolute Gasteiger partial charge is 0.255 e. The van der Waals surface area contributed by atoms with E-state index in [2.05, 4.69) is 9.82 Å². The Balaban J connectivity index is 2.15. The first-order chi connectivity index (χ1) is 8.96. The molecule has 1 aromatic carbocycles. The molecule has 2 rings (SSSR count). The number of aromatic nitrogens is 2. The summed E-state index contributed by atoms with van der Waals surface area (Å²) in [6.07, 6.45) is 4.45. The molecular weight excluding hydrogens is 286 g/mol. The number of sulfonamides is 1. The minimum atomic E-state index is -3.58. The van der Waals surface area contributed by atoms with Crippen LogP contribution in [0.2, 0.25) is 5.02 Å². The lowest BCUT2D eigenvalue weighted by Crippen LogP contribution is -2.08. The number of aryl methyl sites for hydroxylation is 1. The first-order valence-electron chi connectivity index (χ1n) is 5.40. The highest BCUT2D eigenvalue weighted by molar-refractivity contribution is 7.95. The summed E-state index contributed by atoms with van der Waals surface area (Å²) in [7, 11) is -1.87. The summed E-state index contributed by atoms with van der Waals surface area (Å²) >= 11 is 5.94. The van der Waals surface area contributed by atoms with Crippen molar-refractivity contribution in [3.8, 4) is 0 Å². The van der Waals surface area contributed by atoms with Gasteiger partial charge in [0.1, 0.15) is 0 Å². The molecule has 7 heteroatoms. The quantitative estimate of drug-likeness (QED) is 0.943. The Morgan fingerprint density at radius 3 is 2.74 bits per heavy atom. The molecule has 0 amide bonds. The third-order valence-corrected chi connectivity index (χ3v) is 3.66. The molecular formula is C12H12ClN3O2S. The Morgan fingerprint density at radius 1 is 1.37 bits per heavy atom. The Kier molecular flexibility index (Phi) is 3.92. The Bertz CT molecular complexity index is 707. The summed E-state index contributed by atoms with van der Waals surface area (Å²) in [6.45, 7) is 0. The van der Waals surface area contributed by atoms with Crippen LogP contribution in [-0.4, -0.2) is 18.2 Å². The van der Waals surface area contributed by atoms with Crippen LogP contribution >= 0.6 is 11.6 Å². The maximum absolute atomic E-state index is 11.8. The Labute approximate surface area is 116 Å². The molecule has 0 fully saturated rings. The molecule has 1 N–H and O–H groups in total. The molecule has 1 aromatic heterocycles. The van der Waals surface area contributed by atoms with Gasteiger partial charge in [0.2, 0.25) is 0 Å². The molecule has 0 atom stereocenters. The molecule has 0 radical (unpaired) electrons. The lowest BCUT2D eigenvalue weighted by molar-refractivity contribution is 0.609. The van der Waals surface area contributed by atoms with Crippen molar-refractivity contribution in [2.45, 2.75) is 0 Å². The van der Waals surface area contributed by atoms with Gasteiger partial charge in [-0.3, -0.25) is 9.40 Å². The minimum absolute atomic E-state index is 0.409. The van der Waals surface area contributed by atoms with Crippen LogP contribution in [0.4, 0.5) is 5.69 Å². The average molecular weight is 298 g/mol. The van der Waals surface area contributed by atoms with Crippen molar-refractivity contribution in [3.63, 3.8) is 0 Å². The van der Waals surface area contributed by atoms with Crippen LogP contribution in [0.1, 0.15) is 5.56 Å². The number of halogens is 1. The van der Waals surface area contributed by atoms with E-state index in [0.717, 1.165) is 5.41 Å². The van der Waals surface area contributed by atoms with Gasteiger partial charge in [-0.05, 0) is 17.7 Å². The summed E-state index contributed by atoms with van der Waals surface area (Å²) < 4.78 is 27.5. The number of nitrogens with zero attached hydrogens (tertiary/aromatic N) is 2. The van der Waals surface area contributed by atoms with E-state index in [-0.39, 0.29) is 0 Å². The van der Waals surface area contributed by atoms with E-state index in [4.69, 9.17) is 11.6 Å². The van der Waals surface area contributed by atoms with Crippen LogP contribution < -0.4 is 4.72 Å². The van der Waals surface area contributed by atoms with Crippen LogP contribution in [0, 0.1) is 0 Å². The van der Waals surface area contributed by atoms with E-state index in [1.165, 1.54) is 17.0 Å². The van der Waals surface area contributed by atoms with Gasteiger partial charge in [-0.2, -0.15) is 5.10 Å². The second-order valence-corrected chi connectivity index (χ2v) is 5.85. The van der Waals surface area contributed by atoms with Crippen molar-refractivity contribution < 1.29 is 8.42 Å². The van der Waals surface area contributed by atoms with Crippen molar-refractivity contribution in [3.05, 3.63) is 52.7 Å². The highest BCUT2D eigenvalue weighted by atomic mass is 35.5. The van der Waals surface area contributed by atoms with Gasteiger partial charge in [0.15, 0.2) is 0 Å². The molecule has 0 saturated heterocycles. The number of hydrogen-bond donors (Lipinski definition) is 1. The van der Waals surface area contributed by atoms with Gasteiger partial charge < -0.3 is 0 Å². The van der Waals surface area contributed by atoms with Gasteiger partial charge >= 0.3 is 0 Å². The zero-order valence-corrected chi connectivity index (χ0v) is 11.7. The van der Waals surface area contributed by atoms with Crippen LogP contribution in [-0.2, 0) is 17.1 Å². The molecule has 1 heterocycles. The number of nitrogens with one attached hydrogen (secondary N) is 1. The first-order valence-corrected chi connectivity index (χ1v) is 7.33. The largest absolute Gasteiger partial charge is 0.277 e. The second kappa shape index (κ2) is 5.46. The van der Waals surface area contributed by atoms with Gasteiger partial charge in [-0.15, -0.1) is 0 Å². The normalized spacial score (nSPS) is 11.9. The van der Waals surface area contributed by atoms with Crippen molar-refractivity contribution in [1.82, 2.24) is 9.78 Å². The monoisotopic (exact) mass is 297 g/mol. The average Bonchev–Trinajstić information content (AvgIpc) is 2.73. The number of hydrogen-bond acceptors (Lipinski definition) is 3. The highest BCUT2D eigenvalue weighted by Gasteiger charge is 2.07. The number of benzene rings is 1. The maximum atomic E-state index is 11.8. The molecule has 0 aliphatic rings. The summed E-state index contributed by atoms with van der Waals surface area (Å²) in [4.78, 5) is 0. The zero-order valence-electron chi connectivity index (χ0n) is 10.1. The van der Waals surface area contributed by atoms with Crippen LogP contribution in [0.5, 0.6) is 0 Å². The fourth-order valence-corrected chi connectivity index (χ4v) is 2.47. The SMILES string of the molecule is Cn1cc(NS(=O)(=O)C=Cc2ccccc2Cl)cn1. The first kappa shape index (κ1) is 13.6. The summed E-state index contributed by atoms with van der Waals surface area (Å²) in [5, 5.41) is 5.44. The topological polar surface area (TPSA) is 64.0 Å². The third-order valence-electron chi connectivity index (χ3n) is 2.30. The lowest BCUT2D eigenvalue weighted by atomic mass is 10.2. The summed E-state index contributed by atoms with van der Waals surface area (Å²) in [6, 6.07) is 7.00. The highest BCUT2D eigenvalue weighted by Crippen LogP contribution is 2.17. The molecule has 0 unspecified atom stereocenters. The number of rotatable bonds is 4. The molecule has 0 aliphatic heterocycles. The standard InChI is InChI=1S/C12H12ClN3O2S/c1-16-9-11(8-14-16)15-19(17,18)7-6-10-4-2-3-5-12(10)13/h2-9,15H,1H3. The van der Waals surface area contributed by atoms with Gasteiger partial charge in [-0.25, -0.2) is 8.42 Å². The van der Waals surface area contributed by atoms with Crippen LogP contribution in [0.15, 0.2) is 42.1 Å². The molecule has 0 saturated carbocycles. The second-order valence-electron chi connectivity index (χ2n) is 3.87. The van der Waals surface area contributed by atoms with Gasteiger partial charge in [-0.1, -0.05) is 29.8 Å². The third kappa shape index (κ3) is 3.84. The van der Waals surface area contributed by atoms with Crippen molar-refractivity contribution >= 4 is 33.4 Å². The molecule has 0 bridgehead atoms. The molecule has 100 valence electrons. The van der Waals surface area contributed by atoms with E-state index in [1.54, 1.807) is 37.5 Å². The predicted octanol–water partition coefficient (Wildman–Crippen LogP) is 2.49. The van der Waals surface area contributed by atoms with Crippen LogP contribution in [0.3, 0.4) is 0 Å². The van der Waals surface area contributed by atoms with Crippen LogP contribution in [0.25, 0.3) is 6.08 Å². The van der Waals surface area contributed by atoms with E-state index in [0.29, 0.717) is 16.3 Å². The molecule has 0 spiro atoms. The molecule has 2 aromatic rings. The Hall–Kier alpha value is -1.79. The number of anilines is 1. The van der Waals surface area contributed by atoms with Crippen molar-refractivity contribution in [2.75, 3.05) is 4.72 Å². The van der Waals surface area contributed by atoms with Gasteiger partial charge in [0.05, 0.1) is 17.3 Å². The van der Waals surface area contributed by atoms with E-state index >= 15 is 0 Å². The van der Waals surface area contributed by atoms with E-state index in [9.17, 15) is 8.42 Å². The molecule has 0 aliphatic carbocycles. The van der Waals surface area contributed by atoms with Gasteiger partial charge in [0.25, 0.3) is 10.0 Å². The fourth-order valence-electron chi connectivity index (χ4n) is 1.45. The predicted molar refractivity (Wildman–Crippen MR) is 76.2 cm³/mol. The lowest BCUT2D eigenvalue weighted by Gasteiger charge is -2.01. The van der Waals surface area contributed by atoms with Gasteiger partial charge in [0, 0.05) is 18.3 Å². The Morgan fingerprint density at radius 2 is 2.11 bits per heavy atom. The maximum Gasteiger partial charge on any atom is 0.255 e. The zero-order chi connectivity index (χ0) is 13.9. The van der Waals surface area contributed by atoms with Crippen molar-refractivity contribution in [2.24, 2.45) is 7.05 Å². The minimum Gasteiger partial charge on any atom is -0.277 e. The van der Waals surface area contributed by atoms with E-state index in [1.807, 2.05) is 0 Å². The summed E-state index contributed by atoms with van der Waals surface area (Å²) in [5.74, 6) is 0. The van der Waals surface area contributed by atoms with E-state index < -0.39 is 10.0 Å².